The van der Waals surface area contributed by atoms with Crippen molar-refractivity contribution in [3.63, 3.8) is 0 Å². The zero-order valence-electron chi connectivity index (χ0n) is 10.7. The predicted octanol–water partition coefficient (Wildman–Crippen LogP) is 1.32. The quantitative estimate of drug-likeness (QED) is 0.894. The minimum absolute atomic E-state index is 0.146. The van der Waals surface area contributed by atoms with E-state index in [1.807, 2.05) is 12.3 Å². The van der Waals surface area contributed by atoms with Crippen LogP contribution in [0.3, 0.4) is 0 Å². The van der Waals surface area contributed by atoms with Crippen molar-refractivity contribution in [1.82, 2.24) is 19.8 Å². The zero-order chi connectivity index (χ0) is 14.0. The molecule has 2 aromatic rings. The molecule has 0 saturated heterocycles. The van der Waals surface area contributed by atoms with Crippen LogP contribution >= 0.6 is 11.3 Å². The summed E-state index contributed by atoms with van der Waals surface area (Å²) < 4.78 is 31.2. The highest BCUT2D eigenvalue weighted by Crippen LogP contribution is 2.18. The lowest BCUT2D eigenvalue weighted by molar-refractivity contribution is 0.388. The highest BCUT2D eigenvalue weighted by atomic mass is 32.2. The first kappa shape index (κ1) is 14.1. The number of sulfonamides is 1. The highest BCUT2D eigenvalue weighted by Gasteiger charge is 2.20. The molecule has 2 heterocycles. The first-order valence-electron chi connectivity index (χ1n) is 5.57. The largest absolute Gasteiger partial charge is 0.340 e. The molecular formula is C10H14N4O3S2. The summed E-state index contributed by atoms with van der Waals surface area (Å²) in [6.07, 6.45) is 0. The van der Waals surface area contributed by atoms with E-state index in [0.29, 0.717) is 5.89 Å². The molecule has 9 heteroatoms. The van der Waals surface area contributed by atoms with Gasteiger partial charge in [-0.3, -0.25) is 0 Å². The summed E-state index contributed by atoms with van der Waals surface area (Å²) in [5.74, 6) is 0.181. The van der Waals surface area contributed by atoms with Crippen molar-refractivity contribution in [2.45, 2.75) is 32.6 Å². The van der Waals surface area contributed by atoms with Gasteiger partial charge in [-0.2, -0.15) is 4.98 Å². The van der Waals surface area contributed by atoms with Crippen LogP contribution in [0, 0.1) is 13.8 Å². The van der Waals surface area contributed by atoms with Crippen LogP contribution in [0.5, 0.6) is 0 Å². The molecule has 0 aliphatic heterocycles. The van der Waals surface area contributed by atoms with E-state index in [2.05, 4.69) is 19.8 Å². The second-order valence-corrected chi connectivity index (χ2v) is 6.80. The van der Waals surface area contributed by atoms with Gasteiger partial charge in [0, 0.05) is 18.0 Å². The summed E-state index contributed by atoms with van der Waals surface area (Å²) in [4.78, 5) is 8.12. The molecule has 0 fully saturated rings. The first-order chi connectivity index (χ1) is 8.85. The normalized spacial score (nSPS) is 13.6. The lowest BCUT2D eigenvalue weighted by Gasteiger charge is -2.10. The van der Waals surface area contributed by atoms with Gasteiger partial charge in [-0.05, 0) is 13.8 Å². The third-order valence-corrected chi connectivity index (χ3v) is 4.75. The number of nitrogens with one attached hydrogen (secondary N) is 1. The van der Waals surface area contributed by atoms with Crippen molar-refractivity contribution in [3.05, 3.63) is 27.8 Å². The number of hydrogen-bond donors (Lipinski definition) is 1. The van der Waals surface area contributed by atoms with E-state index in [1.54, 1.807) is 13.8 Å². The summed E-state index contributed by atoms with van der Waals surface area (Å²) in [5, 5.41) is 6.17. The molecule has 2 aromatic heterocycles. The molecule has 0 saturated carbocycles. The van der Waals surface area contributed by atoms with Crippen molar-refractivity contribution >= 4 is 21.4 Å². The van der Waals surface area contributed by atoms with Crippen LogP contribution in [0.25, 0.3) is 0 Å². The Labute approximate surface area is 115 Å². The predicted molar refractivity (Wildman–Crippen MR) is 70.1 cm³/mol. The number of thiazole rings is 1. The molecule has 0 bridgehead atoms. The van der Waals surface area contributed by atoms with Crippen molar-refractivity contribution in [1.29, 1.82) is 0 Å². The molecule has 0 spiro atoms. The van der Waals surface area contributed by atoms with E-state index >= 15 is 0 Å². The maximum absolute atomic E-state index is 11.9. The molecule has 7 nitrogen and oxygen atoms in total. The van der Waals surface area contributed by atoms with Gasteiger partial charge in [0.1, 0.15) is 10.8 Å². The fourth-order valence-corrected chi connectivity index (χ4v) is 3.57. The van der Waals surface area contributed by atoms with Crippen LogP contribution in [-0.2, 0) is 15.8 Å². The Balaban J connectivity index is 2.04. The standard InChI is InChI=1S/C10H14N4O3S2/c1-6-4-18-10(11-6)7(2)14-19(15,16)5-9-12-8(3)17-13-9/h4,7,14H,5H2,1-3H3. The van der Waals surface area contributed by atoms with Crippen LogP contribution in [-0.4, -0.2) is 23.5 Å². The molecule has 0 aliphatic carbocycles. The van der Waals surface area contributed by atoms with Gasteiger partial charge in [0.05, 0.1) is 6.04 Å². The summed E-state index contributed by atoms with van der Waals surface area (Å²) in [7, 11) is -3.53. The smallest absolute Gasteiger partial charge is 0.223 e. The van der Waals surface area contributed by atoms with Gasteiger partial charge in [0.15, 0.2) is 5.82 Å². The summed E-state index contributed by atoms with van der Waals surface area (Å²) in [6.45, 7) is 5.22. The molecule has 2 rings (SSSR count). The fourth-order valence-electron chi connectivity index (χ4n) is 1.50. The molecule has 19 heavy (non-hydrogen) atoms. The second kappa shape index (κ2) is 5.35. The van der Waals surface area contributed by atoms with Crippen molar-refractivity contribution in [3.8, 4) is 0 Å². The number of aromatic nitrogens is 3. The Morgan fingerprint density at radius 3 is 2.68 bits per heavy atom. The topological polar surface area (TPSA) is 98.0 Å². The van der Waals surface area contributed by atoms with E-state index in [0.717, 1.165) is 10.7 Å². The average molecular weight is 302 g/mol. The van der Waals surface area contributed by atoms with E-state index in [1.165, 1.54) is 11.3 Å². The minimum atomic E-state index is -3.53. The minimum Gasteiger partial charge on any atom is -0.340 e. The van der Waals surface area contributed by atoms with Gasteiger partial charge in [-0.1, -0.05) is 5.16 Å². The molecule has 0 aliphatic rings. The van der Waals surface area contributed by atoms with E-state index < -0.39 is 10.0 Å². The molecule has 1 atom stereocenters. The van der Waals surface area contributed by atoms with Crippen molar-refractivity contribution in [2.24, 2.45) is 0 Å². The number of aryl methyl sites for hydroxylation is 2. The SMILES string of the molecule is Cc1csc(C(C)NS(=O)(=O)Cc2noc(C)n2)n1. The first-order valence-corrected chi connectivity index (χ1v) is 8.10. The van der Waals surface area contributed by atoms with Crippen LogP contribution in [0.15, 0.2) is 9.90 Å². The summed E-state index contributed by atoms with van der Waals surface area (Å²) >= 11 is 1.42. The maximum Gasteiger partial charge on any atom is 0.223 e. The Kier molecular flexibility index (Phi) is 3.97. The van der Waals surface area contributed by atoms with Crippen LogP contribution in [0.1, 0.15) is 35.4 Å². The van der Waals surface area contributed by atoms with E-state index in [9.17, 15) is 8.42 Å². The Morgan fingerprint density at radius 1 is 1.42 bits per heavy atom. The lowest BCUT2D eigenvalue weighted by Crippen LogP contribution is -2.28. The van der Waals surface area contributed by atoms with Gasteiger partial charge in [-0.15, -0.1) is 11.3 Å². The molecule has 0 radical (unpaired) electrons. The van der Waals surface area contributed by atoms with Gasteiger partial charge < -0.3 is 4.52 Å². The average Bonchev–Trinajstić information content (AvgIpc) is 2.86. The molecular weight excluding hydrogens is 288 g/mol. The van der Waals surface area contributed by atoms with Crippen LogP contribution in [0.2, 0.25) is 0 Å². The zero-order valence-corrected chi connectivity index (χ0v) is 12.4. The molecule has 1 unspecified atom stereocenters. The summed E-state index contributed by atoms with van der Waals surface area (Å²) in [5.41, 5.74) is 0.875. The van der Waals surface area contributed by atoms with Crippen molar-refractivity contribution in [2.75, 3.05) is 0 Å². The van der Waals surface area contributed by atoms with Crippen molar-refractivity contribution < 1.29 is 12.9 Å². The van der Waals surface area contributed by atoms with Gasteiger partial charge in [0.2, 0.25) is 15.9 Å². The Hall–Kier alpha value is -1.32. The monoisotopic (exact) mass is 302 g/mol. The fraction of sp³-hybridized carbons (Fsp3) is 0.500. The van der Waals surface area contributed by atoms with E-state index in [-0.39, 0.29) is 17.6 Å². The van der Waals surface area contributed by atoms with Gasteiger partial charge in [0.25, 0.3) is 0 Å². The number of hydrogen-bond acceptors (Lipinski definition) is 7. The Morgan fingerprint density at radius 2 is 2.16 bits per heavy atom. The number of nitrogens with zero attached hydrogens (tertiary/aromatic N) is 3. The molecule has 0 aromatic carbocycles. The maximum atomic E-state index is 11.9. The second-order valence-electron chi connectivity index (χ2n) is 4.16. The number of rotatable bonds is 5. The third kappa shape index (κ3) is 3.82. The molecule has 104 valence electrons. The van der Waals surface area contributed by atoms with Crippen LogP contribution in [0.4, 0.5) is 0 Å². The third-order valence-electron chi connectivity index (χ3n) is 2.25. The summed E-state index contributed by atoms with van der Waals surface area (Å²) in [6, 6.07) is -0.378. The highest BCUT2D eigenvalue weighted by molar-refractivity contribution is 7.88. The van der Waals surface area contributed by atoms with Crippen LogP contribution < -0.4 is 4.72 Å². The molecule has 1 N–H and O–H groups in total. The van der Waals surface area contributed by atoms with Gasteiger partial charge >= 0.3 is 0 Å². The Bertz CT molecular complexity index is 662. The van der Waals surface area contributed by atoms with E-state index in [4.69, 9.17) is 4.52 Å². The van der Waals surface area contributed by atoms with Gasteiger partial charge in [-0.25, -0.2) is 18.1 Å². The lowest BCUT2D eigenvalue weighted by atomic mass is 10.4. The molecule has 0 amide bonds.